The highest BCUT2D eigenvalue weighted by atomic mass is 32.2. The summed E-state index contributed by atoms with van der Waals surface area (Å²) in [7, 11) is 3.39. The molecule has 0 atom stereocenters. The average Bonchev–Trinajstić information content (AvgIpc) is 2.72. The van der Waals surface area contributed by atoms with Gasteiger partial charge >= 0.3 is 0 Å². The maximum Gasteiger partial charge on any atom is 0.241 e. The van der Waals surface area contributed by atoms with Crippen LogP contribution in [-0.2, 0) is 16.4 Å². The third-order valence-electron chi connectivity index (χ3n) is 4.78. The minimum absolute atomic E-state index is 0.279. The van der Waals surface area contributed by atoms with Gasteiger partial charge in [0, 0.05) is 37.1 Å². The number of fused-ring (bicyclic) bond motifs is 1. The van der Waals surface area contributed by atoms with Crippen LogP contribution >= 0.6 is 0 Å². The normalized spacial score (nSPS) is 11.4. The van der Waals surface area contributed by atoms with Crippen molar-refractivity contribution in [3.63, 3.8) is 0 Å². The molecule has 154 valence electrons. The summed E-state index contributed by atoms with van der Waals surface area (Å²) < 4.78 is 39.2. The second-order valence-corrected chi connectivity index (χ2v) is 8.60. The lowest BCUT2D eigenvalue weighted by molar-refractivity contribution is 0.354. The van der Waals surface area contributed by atoms with Crippen molar-refractivity contribution < 1.29 is 17.9 Å². The van der Waals surface area contributed by atoms with Gasteiger partial charge in [-0.1, -0.05) is 30.3 Å². The summed E-state index contributed by atoms with van der Waals surface area (Å²) in [5, 5.41) is 1.61. The molecule has 0 aliphatic heterocycles. The third-order valence-corrected chi connectivity index (χ3v) is 6.30. The van der Waals surface area contributed by atoms with Crippen molar-refractivity contribution in [1.82, 2.24) is 4.72 Å². The van der Waals surface area contributed by atoms with Gasteiger partial charge in [0.1, 0.15) is 0 Å². The molecule has 0 bridgehead atoms. The highest BCUT2D eigenvalue weighted by Gasteiger charge is 2.18. The molecular weight excluding hydrogens is 388 g/mol. The molecule has 6 nitrogen and oxygen atoms in total. The molecule has 1 N–H and O–H groups in total. The highest BCUT2D eigenvalue weighted by Crippen LogP contribution is 2.30. The number of anilines is 1. The minimum Gasteiger partial charge on any atom is -0.493 e. The molecule has 3 aromatic rings. The molecule has 0 aliphatic rings. The van der Waals surface area contributed by atoms with E-state index in [1.807, 2.05) is 61.5 Å². The van der Waals surface area contributed by atoms with E-state index in [-0.39, 0.29) is 11.4 Å². The first-order valence-corrected chi connectivity index (χ1v) is 10.8. The lowest BCUT2D eigenvalue weighted by Crippen LogP contribution is -2.26. The Labute approximate surface area is 172 Å². The molecular formula is C22H26N2O4S. The Kier molecular flexibility index (Phi) is 6.30. The summed E-state index contributed by atoms with van der Waals surface area (Å²) in [6.07, 6.45) is 0.535. The predicted molar refractivity (Wildman–Crippen MR) is 117 cm³/mol. The van der Waals surface area contributed by atoms with Crippen LogP contribution in [0.3, 0.4) is 0 Å². The standard InChI is InChI=1S/C22H26N2O4S/c1-24(2)19-9-5-8-18-17(19)7-6-10-22(18)29(25,26)23-14-13-16-11-12-20(27-3)21(15-16)28-4/h5-12,15,23H,13-14H2,1-4H3. The van der Waals surface area contributed by atoms with Crippen molar-refractivity contribution in [1.29, 1.82) is 0 Å². The Morgan fingerprint density at radius 3 is 2.28 bits per heavy atom. The SMILES string of the molecule is COc1ccc(CCNS(=O)(=O)c2cccc3c(N(C)C)cccc23)cc1OC. The van der Waals surface area contributed by atoms with Crippen LogP contribution in [0.2, 0.25) is 0 Å². The monoisotopic (exact) mass is 414 g/mol. The first-order valence-electron chi connectivity index (χ1n) is 9.27. The first-order chi connectivity index (χ1) is 13.9. The lowest BCUT2D eigenvalue weighted by Gasteiger charge is -2.17. The number of hydrogen-bond donors (Lipinski definition) is 1. The Morgan fingerprint density at radius 1 is 0.897 bits per heavy atom. The summed E-state index contributed by atoms with van der Waals surface area (Å²) in [5.74, 6) is 1.27. The predicted octanol–water partition coefficient (Wildman–Crippen LogP) is 3.44. The zero-order valence-corrected chi connectivity index (χ0v) is 17.9. The number of ether oxygens (including phenoxy) is 2. The molecule has 29 heavy (non-hydrogen) atoms. The van der Waals surface area contributed by atoms with Gasteiger partial charge in [-0.25, -0.2) is 13.1 Å². The smallest absolute Gasteiger partial charge is 0.241 e. The molecule has 0 aliphatic carbocycles. The average molecular weight is 415 g/mol. The molecule has 0 radical (unpaired) electrons. The third kappa shape index (κ3) is 4.46. The lowest BCUT2D eigenvalue weighted by atomic mass is 10.1. The van der Waals surface area contributed by atoms with Gasteiger partial charge in [-0.3, -0.25) is 0 Å². The van der Waals surface area contributed by atoms with Crippen LogP contribution in [-0.4, -0.2) is 43.3 Å². The fourth-order valence-corrected chi connectivity index (χ4v) is 4.58. The minimum atomic E-state index is -3.65. The van der Waals surface area contributed by atoms with Gasteiger partial charge in [-0.2, -0.15) is 0 Å². The second-order valence-electron chi connectivity index (χ2n) is 6.86. The molecule has 0 saturated carbocycles. The maximum absolute atomic E-state index is 13.0. The van der Waals surface area contributed by atoms with Crippen LogP contribution in [0.25, 0.3) is 10.8 Å². The summed E-state index contributed by atoms with van der Waals surface area (Å²) in [4.78, 5) is 2.26. The molecule has 7 heteroatoms. The van der Waals surface area contributed by atoms with E-state index in [1.54, 1.807) is 26.4 Å². The summed E-state index contributed by atoms with van der Waals surface area (Å²) >= 11 is 0. The molecule has 3 aromatic carbocycles. The zero-order valence-electron chi connectivity index (χ0n) is 17.1. The van der Waals surface area contributed by atoms with E-state index >= 15 is 0 Å². The molecule has 0 heterocycles. The highest BCUT2D eigenvalue weighted by molar-refractivity contribution is 7.89. The fourth-order valence-electron chi connectivity index (χ4n) is 3.33. The van der Waals surface area contributed by atoms with Gasteiger partial charge < -0.3 is 14.4 Å². The second kappa shape index (κ2) is 8.71. The Bertz CT molecular complexity index is 1110. The van der Waals surface area contributed by atoms with E-state index in [2.05, 4.69) is 4.72 Å². The molecule has 3 rings (SSSR count). The van der Waals surface area contributed by atoms with Crippen molar-refractivity contribution in [2.45, 2.75) is 11.3 Å². The van der Waals surface area contributed by atoms with Gasteiger partial charge in [0.25, 0.3) is 0 Å². The molecule has 0 amide bonds. The van der Waals surface area contributed by atoms with Crippen molar-refractivity contribution >= 4 is 26.5 Å². The quantitative estimate of drug-likeness (QED) is 0.612. The van der Waals surface area contributed by atoms with E-state index < -0.39 is 10.0 Å². The van der Waals surface area contributed by atoms with E-state index in [0.29, 0.717) is 23.3 Å². The number of rotatable bonds is 8. The number of nitrogens with zero attached hydrogens (tertiary/aromatic N) is 1. The van der Waals surface area contributed by atoms with Crippen molar-refractivity contribution in [3.8, 4) is 11.5 Å². The molecule has 0 fully saturated rings. The van der Waals surface area contributed by atoms with Crippen LogP contribution in [0.4, 0.5) is 5.69 Å². The van der Waals surface area contributed by atoms with Gasteiger partial charge in [0.15, 0.2) is 11.5 Å². The molecule has 0 unspecified atom stereocenters. The van der Waals surface area contributed by atoms with Gasteiger partial charge in [-0.15, -0.1) is 0 Å². The Balaban J connectivity index is 1.81. The van der Waals surface area contributed by atoms with E-state index in [0.717, 1.165) is 16.6 Å². The van der Waals surface area contributed by atoms with E-state index in [4.69, 9.17) is 9.47 Å². The van der Waals surface area contributed by atoms with Gasteiger partial charge in [-0.05, 0) is 36.2 Å². The topological polar surface area (TPSA) is 67.9 Å². The fraction of sp³-hybridized carbons (Fsp3) is 0.273. The summed E-state index contributed by atoms with van der Waals surface area (Å²) in [6.45, 7) is 0.279. The molecule has 0 saturated heterocycles. The van der Waals surface area contributed by atoms with E-state index in [9.17, 15) is 8.42 Å². The summed E-state index contributed by atoms with van der Waals surface area (Å²) in [5.41, 5.74) is 1.93. The molecule has 0 spiro atoms. The first kappa shape index (κ1) is 21.0. The Hall–Kier alpha value is -2.77. The molecule has 0 aromatic heterocycles. The van der Waals surface area contributed by atoms with Crippen LogP contribution < -0.4 is 19.1 Å². The van der Waals surface area contributed by atoms with Crippen LogP contribution in [0.5, 0.6) is 11.5 Å². The largest absolute Gasteiger partial charge is 0.493 e. The van der Waals surface area contributed by atoms with Gasteiger partial charge in [0.05, 0.1) is 19.1 Å². The maximum atomic E-state index is 13.0. The number of hydrogen-bond acceptors (Lipinski definition) is 5. The Morgan fingerprint density at radius 2 is 1.59 bits per heavy atom. The number of sulfonamides is 1. The number of nitrogens with one attached hydrogen (secondary N) is 1. The van der Waals surface area contributed by atoms with Gasteiger partial charge in [0.2, 0.25) is 10.0 Å². The summed E-state index contributed by atoms with van der Waals surface area (Å²) in [6, 6.07) is 16.6. The van der Waals surface area contributed by atoms with Crippen LogP contribution in [0, 0.1) is 0 Å². The van der Waals surface area contributed by atoms with Crippen molar-refractivity contribution in [3.05, 3.63) is 60.2 Å². The van der Waals surface area contributed by atoms with Crippen molar-refractivity contribution in [2.24, 2.45) is 0 Å². The van der Waals surface area contributed by atoms with Crippen LogP contribution in [0.1, 0.15) is 5.56 Å². The van der Waals surface area contributed by atoms with E-state index in [1.165, 1.54) is 0 Å². The zero-order chi connectivity index (χ0) is 21.0. The number of methoxy groups -OCH3 is 2. The van der Waals surface area contributed by atoms with Crippen LogP contribution in [0.15, 0.2) is 59.5 Å². The number of benzene rings is 3. The van der Waals surface area contributed by atoms with Crippen molar-refractivity contribution in [2.75, 3.05) is 39.8 Å².